The Hall–Kier alpha value is -2.35. The van der Waals surface area contributed by atoms with Crippen molar-refractivity contribution in [1.29, 1.82) is 0 Å². The summed E-state index contributed by atoms with van der Waals surface area (Å²) in [5.74, 6) is -0.508. The zero-order valence-corrected chi connectivity index (χ0v) is 17.6. The minimum atomic E-state index is -4.02. The van der Waals surface area contributed by atoms with Crippen molar-refractivity contribution in [3.63, 3.8) is 0 Å². The number of hydrogen-bond donors (Lipinski definition) is 1. The van der Waals surface area contributed by atoms with Crippen LogP contribution in [0.25, 0.3) is 0 Å². The second-order valence-electron chi connectivity index (χ2n) is 5.81. The lowest BCUT2D eigenvalue weighted by Gasteiger charge is -2.12. The minimum Gasteiger partial charge on any atom is -0.488 e. The Morgan fingerprint density at radius 1 is 1.00 bits per heavy atom. The third-order valence-corrected chi connectivity index (χ3v) is 5.81. The number of rotatable bonds is 6. The summed E-state index contributed by atoms with van der Waals surface area (Å²) in [5, 5.41) is 0.576. The van der Waals surface area contributed by atoms with Crippen LogP contribution in [0.3, 0.4) is 0 Å². The predicted octanol–water partition coefficient (Wildman–Crippen LogP) is 4.80. The first-order chi connectivity index (χ1) is 13.3. The molecule has 0 spiro atoms. The Kier molecular flexibility index (Phi) is 6.39. The van der Waals surface area contributed by atoms with E-state index >= 15 is 0 Å². The number of sulfonamides is 1. The summed E-state index contributed by atoms with van der Waals surface area (Å²) in [5.41, 5.74) is 0.938. The van der Waals surface area contributed by atoms with E-state index in [4.69, 9.17) is 16.3 Å². The molecule has 3 aromatic rings. The van der Waals surface area contributed by atoms with Crippen molar-refractivity contribution in [1.82, 2.24) is 4.72 Å². The summed E-state index contributed by atoms with van der Waals surface area (Å²) in [6.07, 6.45) is 0. The zero-order chi connectivity index (χ0) is 20.1. The Morgan fingerprint density at radius 3 is 2.50 bits per heavy atom. The molecule has 1 amide bonds. The molecule has 28 heavy (non-hydrogen) atoms. The first kappa shape index (κ1) is 20.4. The zero-order valence-electron chi connectivity index (χ0n) is 14.4. The molecule has 0 aromatic heterocycles. The van der Waals surface area contributed by atoms with Gasteiger partial charge in [-0.3, -0.25) is 4.79 Å². The highest BCUT2D eigenvalue weighted by molar-refractivity contribution is 9.10. The van der Waals surface area contributed by atoms with E-state index in [2.05, 4.69) is 20.7 Å². The highest BCUT2D eigenvalue weighted by Gasteiger charge is 2.21. The van der Waals surface area contributed by atoms with E-state index in [0.29, 0.717) is 9.50 Å². The second-order valence-corrected chi connectivity index (χ2v) is 8.84. The Bertz CT molecular complexity index is 1120. The van der Waals surface area contributed by atoms with E-state index in [0.717, 1.165) is 5.56 Å². The molecular weight excluding hydrogens is 466 g/mol. The molecule has 0 saturated carbocycles. The van der Waals surface area contributed by atoms with Crippen LogP contribution >= 0.6 is 27.5 Å². The maximum absolute atomic E-state index is 12.6. The van der Waals surface area contributed by atoms with E-state index in [-0.39, 0.29) is 22.8 Å². The van der Waals surface area contributed by atoms with Gasteiger partial charge >= 0.3 is 0 Å². The lowest BCUT2D eigenvalue weighted by atomic mass is 10.2. The highest BCUT2D eigenvalue weighted by atomic mass is 79.9. The summed E-state index contributed by atoms with van der Waals surface area (Å²) < 4.78 is 33.4. The molecule has 0 heterocycles. The average molecular weight is 481 g/mol. The van der Waals surface area contributed by atoms with Crippen molar-refractivity contribution in [2.24, 2.45) is 0 Å². The molecule has 5 nitrogen and oxygen atoms in total. The van der Waals surface area contributed by atoms with Crippen LogP contribution in [0.4, 0.5) is 0 Å². The molecule has 0 radical (unpaired) electrons. The summed E-state index contributed by atoms with van der Waals surface area (Å²) >= 11 is 9.18. The van der Waals surface area contributed by atoms with E-state index in [1.54, 1.807) is 48.5 Å². The number of amides is 1. The number of hydrogen-bond acceptors (Lipinski definition) is 4. The van der Waals surface area contributed by atoms with Crippen LogP contribution in [0, 0.1) is 0 Å². The maximum Gasteiger partial charge on any atom is 0.268 e. The lowest BCUT2D eigenvalue weighted by Crippen LogP contribution is -2.30. The SMILES string of the molecule is O=C(NS(=O)(=O)c1cccc(Br)c1)c1ccccc1OCc1cccc(Cl)c1. The van der Waals surface area contributed by atoms with Crippen LogP contribution < -0.4 is 9.46 Å². The van der Waals surface area contributed by atoms with E-state index < -0.39 is 15.9 Å². The Morgan fingerprint density at radius 2 is 1.75 bits per heavy atom. The van der Waals surface area contributed by atoms with Crippen LogP contribution in [0.15, 0.2) is 82.2 Å². The highest BCUT2D eigenvalue weighted by Crippen LogP contribution is 2.22. The Labute approximate surface area is 176 Å². The fourth-order valence-electron chi connectivity index (χ4n) is 2.44. The van der Waals surface area contributed by atoms with E-state index in [1.165, 1.54) is 18.2 Å². The molecule has 0 bridgehead atoms. The normalized spacial score (nSPS) is 11.1. The molecule has 3 rings (SSSR count). The topological polar surface area (TPSA) is 72.5 Å². The van der Waals surface area contributed by atoms with Gasteiger partial charge in [0, 0.05) is 9.50 Å². The molecule has 0 aliphatic carbocycles. The van der Waals surface area contributed by atoms with Gasteiger partial charge in [-0.2, -0.15) is 0 Å². The molecular formula is C20H15BrClNO4S. The van der Waals surface area contributed by atoms with Crippen molar-refractivity contribution >= 4 is 43.5 Å². The van der Waals surface area contributed by atoms with Gasteiger partial charge in [0.2, 0.25) is 0 Å². The van der Waals surface area contributed by atoms with Gasteiger partial charge in [0.05, 0.1) is 10.5 Å². The fourth-order valence-corrected chi connectivity index (χ4v) is 4.21. The first-order valence-electron chi connectivity index (χ1n) is 8.14. The quantitative estimate of drug-likeness (QED) is 0.550. The largest absolute Gasteiger partial charge is 0.488 e. The summed E-state index contributed by atoms with van der Waals surface area (Å²) in [6, 6.07) is 19.7. The van der Waals surface area contributed by atoms with Gasteiger partial charge in [-0.05, 0) is 48.0 Å². The average Bonchev–Trinajstić information content (AvgIpc) is 2.66. The van der Waals surface area contributed by atoms with Gasteiger partial charge < -0.3 is 4.74 Å². The number of halogens is 2. The molecule has 3 aromatic carbocycles. The van der Waals surface area contributed by atoms with Gasteiger partial charge in [-0.1, -0.05) is 57.9 Å². The molecule has 0 aliphatic heterocycles. The summed E-state index contributed by atoms with van der Waals surface area (Å²) in [6.45, 7) is 0.184. The number of carbonyl (C=O) groups is 1. The van der Waals surface area contributed by atoms with Gasteiger partial charge in [-0.15, -0.1) is 0 Å². The van der Waals surface area contributed by atoms with Crippen LogP contribution in [-0.4, -0.2) is 14.3 Å². The molecule has 0 atom stereocenters. The minimum absolute atomic E-state index is 0.0208. The first-order valence-corrected chi connectivity index (χ1v) is 10.8. The number of nitrogens with one attached hydrogen (secondary N) is 1. The van der Waals surface area contributed by atoms with Crippen molar-refractivity contribution in [2.45, 2.75) is 11.5 Å². The van der Waals surface area contributed by atoms with Crippen LogP contribution in [0.1, 0.15) is 15.9 Å². The van der Waals surface area contributed by atoms with Gasteiger partial charge in [-0.25, -0.2) is 13.1 Å². The molecule has 8 heteroatoms. The Balaban J connectivity index is 1.79. The van der Waals surface area contributed by atoms with Crippen molar-refractivity contribution in [3.05, 3.63) is 93.4 Å². The number of benzene rings is 3. The molecule has 144 valence electrons. The predicted molar refractivity (Wildman–Crippen MR) is 111 cm³/mol. The van der Waals surface area contributed by atoms with E-state index in [9.17, 15) is 13.2 Å². The monoisotopic (exact) mass is 479 g/mol. The standard InChI is InChI=1S/C20H15BrClNO4S/c21-15-6-4-8-17(12-15)28(25,26)23-20(24)18-9-1-2-10-19(18)27-13-14-5-3-7-16(22)11-14/h1-12H,13H2,(H,23,24). The molecule has 0 saturated heterocycles. The van der Waals surface area contributed by atoms with Gasteiger partial charge in [0.1, 0.15) is 12.4 Å². The molecule has 0 fully saturated rings. The van der Waals surface area contributed by atoms with Crippen molar-refractivity contribution in [3.8, 4) is 5.75 Å². The van der Waals surface area contributed by atoms with Crippen molar-refractivity contribution < 1.29 is 17.9 Å². The molecule has 0 unspecified atom stereocenters. The van der Waals surface area contributed by atoms with Crippen LogP contribution in [0.5, 0.6) is 5.75 Å². The number of ether oxygens (including phenoxy) is 1. The fraction of sp³-hybridized carbons (Fsp3) is 0.0500. The van der Waals surface area contributed by atoms with Crippen LogP contribution in [-0.2, 0) is 16.6 Å². The summed E-state index contributed by atoms with van der Waals surface area (Å²) in [7, 11) is -4.02. The van der Waals surface area contributed by atoms with Gasteiger partial charge in [0.15, 0.2) is 0 Å². The second kappa shape index (κ2) is 8.77. The molecule has 1 N–H and O–H groups in total. The smallest absolute Gasteiger partial charge is 0.268 e. The van der Waals surface area contributed by atoms with E-state index in [1.807, 2.05) is 6.07 Å². The summed E-state index contributed by atoms with van der Waals surface area (Å²) in [4.78, 5) is 12.6. The third-order valence-electron chi connectivity index (χ3n) is 3.75. The van der Waals surface area contributed by atoms with Gasteiger partial charge in [0.25, 0.3) is 15.9 Å². The molecule has 0 aliphatic rings. The van der Waals surface area contributed by atoms with Crippen LogP contribution in [0.2, 0.25) is 5.02 Å². The van der Waals surface area contributed by atoms with Crippen molar-refractivity contribution in [2.75, 3.05) is 0 Å². The number of para-hydroxylation sites is 1. The number of carbonyl (C=O) groups excluding carboxylic acids is 1. The maximum atomic E-state index is 12.6. The third kappa shape index (κ3) is 5.13. The lowest BCUT2D eigenvalue weighted by molar-refractivity contribution is 0.0977.